The minimum Gasteiger partial charge on any atom is -0.493 e. The molecule has 2 aliphatic rings. The Morgan fingerprint density at radius 2 is 1.88 bits per heavy atom. The first-order valence-electron chi connectivity index (χ1n) is 13.3. The summed E-state index contributed by atoms with van der Waals surface area (Å²) in [6.07, 6.45) is 1.82. The summed E-state index contributed by atoms with van der Waals surface area (Å²) in [5, 5.41) is 0.563. The van der Waals surface area contributed by atoms with E-state index in [0.717, 1.165) is 15.6 Å². The summed E-state index contributed by atoms with van der Waals surface area (Å²) in [7, 11) is 1.59. The number of amides is 2. The van der Waals surface area contributed by atoms with Crippen LogP contribution in [0.25, 0.3) is 6.08 Å². The van der Waals surface area contributed by atoms with Crippen molar-refractivity contribution in [1.82, 2.24) is 9.80 Å². The number of carbonyl (C=O) groups excluding carboxylic acids is 2. The third-order valence-corrected chi connectivity index (χ3v) is 8.19. The average molecular weight is 637 g/mol. The molecule has 0 saturated carbocycles. The molecule has 2 heterocycles. The second-order valence-corrected chi connectivity index (χ2v) is 11.2. The summed E-state index contributed by atoms with van der Waals surface area (Å²) < 4.78 is 17.7. The molecule has 2 aliphatic heterocycles. The summed E-state index contributed by atoms with van der Waals surface area (Å²) in [6, 6.07) is 20.8. The molecule has 2 fully saturated rings. The normalized spacial score (nSPS) is 17.4. The topological polar surface area (TPSA) is 80.7 Å². The molecular formula is C31H30BrN3O5S. The van der Waals surface area contributed by atoms with Gasteiger partial charge >= 0.3 is 0 Å². The lowest BCUT2D eigenvalue weighted by molar-refractivity contribution is -0.122. The molecule has 3 aromatic carbocycles. The predicted octanol–water partition coefficient (Wildman–Crippen LogP) is 6.13. The first-order chi connectivity index (χ1) is 20.0. The Balaban J connectivity index is 1.36. The van der Waals surface area contributed by atoms with Gasteiger partial charge in [-0.05, 0) is 82.2 Å². The van der Waals surface area contributed by atoms with Gasteiger partial charge in [0.1, 0.15) is 6.61 Å². The van der Waals surface area contributed by atoms with Crippen molar-refractivity contribution in [3.63, 3.8) is 0 Å². The predicted molar refractivity (Wildman–Crippen MR) is 165 cm³/mol. The summed E-state index contributed by atoms with van der Waals surface area (Å²) in [5.41, 5.74) is 3.01. The molecule has 5 rings (SSSR count). The largest absolute Gasteiger partial charge is 0.493 e. The molecule has 212 valence electrons. The van der Waals surface area contributed by atoms with E-state index in [2.05, 4.69) is 15.9 Å². The number of amidine groups is 1. The molecule has 0 aliphatic carbocycles. The highest BCUT2D eigenvalue weighted by Gasteiger charge is 2.32. The molecule has 0 bridgehead atoms. The average Bonchev–Trinajstić information content (AvgIpc) is 3.29. The number of aliphatic imine (C=N–C) groups is 1. The van der Waals surface area contributed by atoms with Crippen molar-refractivity contribution in [2.24, 2.45) is 4.99 Å². The van der Waals surface area contributed by atoms with Crippen molar-refractivity contribution >= 4 is 56.4 Å². The van der Waals surface area contributed by atoms with Gasteiger partial charge in [-0.2, -0.15) is 0 Å². The fourth-order valence-electron chi connectivity index (χ4n) is 4.48. The number of ether oxygens (including phenoxy) is 3. The minimum absolute atomic E-state index is 0.0471. The van der Waals surface area contributed by atoms with Crippen molar-refractivity contribution in [3.8, 4) is 11.5 Å². The number of rotatable bonds is 8. The summed E-state index contributed by atoms with van der Waals surface area (Å²) in [4.78, 5) is 35.0. The lowest BCUT2D eigenvalue weighted by Crippen LogP contribution is -2.40. The summed E-state index contributed by atoms with van der Waals surface area (Å²) in [6.45, 7) is 5.00. The molecule has 41 heavy (non-hydrogen) atoms. The van der Waals surface area contributed by atoms with E-state index in [1.54, 1.807) is 29.0 Å². The fourth-order valence-corrected chi connectivity index (χ4v) is 6.12. The van der Waals surface area contributed by atoms with E-state index in [1.807, 2.05) is 67.6 Å². The molecule has 0 atom stereocenters. The Kier molecular flexibility index (Phi) is 9.43. The van der Waals surface area contributed by atoms with E-state index >= 15 is 0 Å². The number of benzene rings is 3. The number of hydrogen-bond donors (Lipinski definition) is 0. The van der Waals surface area contributed by atoms with Crippen LogP contribution in [0.5, 0.6) is 11.5 Å². The maximum atomic E-state index is 13.3. The Morgan fingerprint density at radius 1 is 1.10 bits per heavy atom. The van der Waals surface area contributed by atoms with Gasteiger partial charge in [0.15, 0.2) is 16.7 Å². The molecule has 0 spiro atoms. The highest BCUT2D eigenvalue weighted by molar-refractivity contribution is 9.10. The van der Waals surface area contributed by atoms with Gasteiger partial charge in [-0.25, -0.2) is 4.99 Å². The monoisotopic (exact) mass is 635 g/mol. The molecule has 0 N–H and O–H groups in total. The highest BCUT2D eigenvalue weighted by atomic mass is 79.9. The first kappa shape index (κ1) is 28.9. The van der Waals surface area contributed by atoms with E-state index in [-0.39, 0.29) is 11.8 Å². The third kappa shape index (κ3) is 6.83. The number of morpholine rings is 1. The number of hydrogen-bond acceptors (Lipinski definition) is 7. The van der Waals surface area contributed by atoms with Crippen molar-refractivity contribution < 1.29 is 23.8 Å². The molecule has 2 saturated heterocycles. The number of carbonyl (C=O) groups is 2. The minimum atomic E-state index is -0.128. The summed E-state index contributed by atoms with van der Waals surface area (Å²) in [5.74, 6) is 0.971. The van der Waals surface area contributed by atoms with E-state index in [4.69, 9.17) is 19.2 Å². The van der Waals surface area contributed by atoms with Crippen LogP contribution in [-0.2, 0) is 16.1 Å². The van der Waals surface area contributed by atoms with Crippen LogP contribution in [0.15, 0.2) is 81.1 Å². The van der Waals surface area contributed by atoms with Crippen LogP contribution in [0, 0.1) is 0 Å². The number of thioether (sulfide) groups is 1. The van der Waals surface area contributed by atoms with E-state index in [1.165, 1.54) is 11.8 Å². The molecule has 0 radical (unpaired) electrons. The van der Waals surface area contributed by atoms with Crippen molar-refractivity contribution in [2.75, 3.05) is 40.0 Å². The maximum absolute atomic E-state index is 13.3. The third-order valence-electron chi connectivity index (χ3n) is 6.60. The number of nitrogens with zero attached hydrogens (tertiary/aromatic N) is 3. The molecular weight excluding hydrogens is 606 g/mol. The highest BCUT2D eigenvalue weighted by Crippen LogP contribution is 2.40. The van der Waals surface area contributed by atoms with Crippen LogP contribution in [0.4, 0.5) is 5.69 Å². The van der Waals surface area contributed by atoms with Crippen molar-refractivity contribution in [2.45, 2.75) is 13.5 Å². The zero-order chi connectivity index (χ0) is 28.8. The zero-order valence-electron chi connectivity index (χ0n) is 22.8. The van der Waals surface area contributed by atoms with E-state index in [9.17, 15) is 9.59 Å². The number of methoxy groups -OCH3 is 1. The maximum Gasteiger partial charge on any atom is 0.266 e. The lowest BCUT2D eigenvalue weighted by Gasteiger charge is -2.26. The molecule has 3 aromatic rings. The number of likely N-dealkylation sites (N-methyl/N-ethyl adjacent to an activating group) is 1. The second kappa shape index (κ2) is 13.4. The summed E-state index contributed by atoms with van der Waals surface area (Å²) >= 11 is 4.91. The first-order valence-corrected chi connectivity index (χ1v) is 14.9. The standard InChI is InChI=1S/C31H30BrN3O5S/c1-3-35-30(37)27(18-22-16-25(32)28(26(17-22)38-2)40-20-21-8-5-4-6-9-21)41-31(35)33-24-11-7-10-23(19-24)29(36)34-12-14-39-15-13-34/h4-11,16-19H,3,12-15,20H2,1-2H3/b27-18+,33-31?. The van der Waals surface area contributed by atoms with Gasteiger partial charge < -0.3 is 19.1 Å². The van der Waals surface area contributed by atoms with Gasteiger partial charge in [-0.1, -0.05) is 36.4 Å². The van der Waals surface area contributed by atoms with Crippen LogP contribution in [0.2, 0.25) is 0 Å². The SMILES string of the molecule is CCN1C(=O)/C(=C\c2cc(Br)c(OCc3ccccc3)c(OC)c2)SC1=Nc1cccc(C(=O)N2CCOCC2)c1. The number of halogens is 1. The molecule has 8 nitrogen and oxygen atoms in total. The Labute approximate surface area is 252 Å². The quantitative estimate of drug-likeness (QED) is 0.277. The van der Waals surface area contributed by atoms with E-state index in [0.29, 0.717) is 72.3 Å². The van der Waals surface area contributed by atoms with Crippen molar-refractivity contribution in [3.05, 3.63) is 92.8 Å². The van der Waals surface area contributed by atoms with Gasteiger partial charge in [0.05, 0.1) is 35.4 Å². The van der Waals surface area contributed by atoms with E-state index < -0.39 is 0 Å². The Morgan fingerprint density at radius 3 is 2.61 bits per heavy atom. The van der Waals surface area contributed by atoms with Crippen molar-refractivity contribution in [1.29, 1.82) is 0 Å². The van der Waals surface area contributed by atoms with Gasteiger partial charge in [0, 0.05) is 25.2 Å². The van der Waals surface area contributed by atoms with Crippen LogP contribution < -0.4 is 9.47 Å². The van der Waals surface area contributed by atoms with Crippen LogP contribution >= 0.6 is 27.7 Å². The van der Waals surface area contributed by atoms with Gasteiger partial charge in [-0.15, -0.1) is 0 Å². The Hall–Kier alpha value is -3.60. The van der Waals surface area contributed by atoms with Gasteiger partial charge in [0.2, 0.25) is 0 Å². The molecule has 10 heteroatoms. The van der Waals surface area contributed by atoms with Crippen LogP contribution in [0.1, 0.15) is 28.4 Å². The van der Waals surface area contributed by atoms with Crippen LogP contribution in [0.3, 0.4) is 0 Å². The molecule has 0 aromatic heterocycles. The lowest BCUT2D eigenvalue weighted by atomic mass is 10.1. The molecule has 2 amide bonds. The smallest absolute Gasteiger partial charge is 0.266 e. The molecule has 0 unspecified atom stereocenters. The fraction of sp³-hybridized carbons (Fsp3) is 0.258. The zero-order valence-corrected chi connectivity index (χ0v) is 25.2. The van der Waals surface area contributed by atoms with Gasteiger partial charge in [-0.3, -0.25) is 14.5 Å². The van der Waals surface area contributed by atoms with Gasteiger partial charge in [0.25, 0.3) is 11.8 Å². The Bertz CT molecular complexity index is 1490. The van der Waals surface area contributed by atoms with Crippen LogP contribution in [-0.4, -0.2) is 66.7 Å². The second-order valence-electron chi connectivity index (χ2n) is 9.32.